The van der Waals surface area contributed by atoms with E-state index in [0.717, 1.165) is 5.56 Å². The molecule has 1 rings (SSSR count). The molecule has 0 radical (unpaired) electrons. The molecule has 1 aromatic rings. The van der Waals surface area contributed by atoms with Crippen LogP contribution >= 0.6 is 0 Å². The molecule has 0 saturated carbocycles. The average Bonchev–Trinajstić information content (AvgIpc) is 2.43. The van der Waals surface area contributed by atoms with Crippen molar-refractivity contribution in [1.29, 1.82) is 0 Å². The van der Waals surface area contributed by atoms with Crippen molar-refractivity contribution in [2.24, 2.45) is 11.7 Å². The fourth-order valence-electron chi connectivity index (χ4n) is 1.89. The lowest BCUT2D eigenvalue weighted by Crippen LogP contribution is -2.51. The lowest BCUT2D eigenvalue weighted by atomic mass is 9.90. The maximum Gasteiger partial charge on any atom is 0.242 e. The number of carbonyl (C=O) groups excluding carboxylic acids is 1. The van der Waals surface area contributed by atoms with Gasteiger partial charge in [0.2, 0.25) is 5.91 Å². The van der Waals surface area contributed by atoms with Gasteiger partial charge in [-0.2, -0.15) is 0 Å². The van der Waals surface area contributed by atoms with Crippen LogP contribution in [0.4, 0.5) is 0 Å². The Morgan fingerprint density at radius 1 is 1.30 bits per heavy atom. The van der Waals surface area contributed by atoms with Gasteiger partial charge in [0.1, 0.15) is 5.54 Å². The Balaban J connectivity index is 3.18. The van der Waals surface area contributed by atoms with E-state index in [2.05, 4.69) is 19.2 Å². The highest BCUT2D eigenvalue weighted by Crippen LogP contribution is 2.32. The molecule has 0 aliphatic heterocycles. The molecule has 112 valence electrons. The zero-order valence-corrected chi connectivity index (χ0v) is 12.8. The number of benzene rings is 1. The van der Waals surface area contributed by atoms with Gasteiger partial charge in [-0.3, -0.25) is 10.1 Å². The Kier molecular flexibility index (Phi) is 5.39. The van der Waals surface area contributed by atoms with E-state index in [0.29, 0.717) is 24.0 Å². The van der Waals surface area contributed by atoms with E-state index in [1.807, 2.05) is 6.07 Å². The average molecular weight is 280 g/mol. The third-order valence-electron chi connectivity index (χ3n) is 3.32. The van der Waals surface area contributed by atoms with Gasteiger partial charge < -0.3 is 15.2 Å². The van der Waals surface area contributed by atoms with Crippen molar-refractivity contribution >= 4 is 5.91 Å². The van der Waals surface area contributed by atoms with Crippen LogP contribution in [0.1, 0.15) is 26.3 Å². The number of primary amides is 1. The summed E-state index contributed by atoms with van der Waals surface area (Å²) in [5.41, 5.74) is 5.39. The molecule has 0 aromatic heterocycles. The van der Waals surface area contributed by atoms with Crippen molar-refractivity contribution in [2.75, 3.05) is 20.8 Å². The Bertz CT molecular complexity index is 474. The fourth-order valence-corrected chi connectivity index (χ4v) is 1.89. The van der Waals surface area contributed by atoms with Crippen LogP contribution in [0.3, 0.4) is 0 Å². The van der Waals surface area contributed by atoms with Crippen molar-refractivity contribution in [1.82, 2.24) is 5.32 Å². The molecule has 5 heteroatoms. The molecule has 20 heavy (non-hydrogen) atoms. The summed E-state index contributed by atoms with van der Waals surface area (Å²) in [6.45, 7) is 6.61. The summed E-state index contributed by atoms with van der Waals surface area (Å²) in [5, 5.41) is 3.23. The van der Waals surface area contributed by atoms with E-state index in [1.54, 1.807) is 33.3 Å². The predicted octanol–water partition coefficient (Wildman–Crippen LogP) is 1.65. The van der Waals surface area contributed by atoms with Gasteiger partial charge in [0.15, 0.2) is 11.5 Å². The molecule has 3 N–H and O–H groups in total. The zero-order chi connectivity index (χ0) is 15.3. The first-order valence-corrected chi connectivity index (χ1v) is 6.62. The summed E-state index contributed by atoms with van der Waals surface area (Å²) in [5.74, 6) is 1.18. The molecule has 0 bridgehead atoms. The molecule has 0 spiro atoms. The van der Waals surface area contributed by atoms with Gasteiger partial charge in [-0.1, -0.05) is 19.9 Å². The van der Waals surface area contributed by atoms with Crippen LogP contribution < -0.4 is 20.5 Å². The fraction of sp³-hybridized carbons (Fsp3) is 0.533. The first-order valence-electron chi connectivity index (χ1n) is 6.62. The van der Waals surface area contributed by atoms with Crippen LogP contribution in [0, 0.1) is 5.92 Å². The Hall–Kier alpha value is -1.75. The van der Waals surface area contributed by atoms with Crippen molar-refractivity contribution in [3.8, 4) is 11.5 Å². The minimum atomic E-state index is -0.941. The number of ether oxygens (including phenoxy) is 2. The number of methoxy groups -OCH3 is 2. The van der Waals surface area contributed by atoms with E-state index in [-0.39, 0.29) is 0 Å². The first kappa shape index (κ1) is 16.3. The van der Waals surface area contributed by atoms with E-state index in [1.165, 1.54) is 0 Å². The van der Waals surface area contributed by atoms with Crippen LogP contribution in [0.15, 0.2) is 18.2 Å². The normalized spacial score (nSPS) is 13.9. The Labute approximate surface area is 120 Å². The summed E-state index contributed by atoms with van der Waals surface area (Å²) in [4.78, 5) is 11.9. The van der Waals surface area contributed by atoms with Gasteiger partial charge in [0.05, 0.1) is 14.2 Å². The van der Waals surface area contributed by atoms with Gasteiger partial charge in [-0.05, 0) is 37.1 Å². The predicted molar refractivity (Wildman–Crippen MR) is 78.9 cm³/mol. The number of amides is 1. The summed E-state index contributed by atoms with van der Waals surface area (Å²) in [7, 11) is 3.13. The van der Waals surface area contributed by atoms with Gasteiger partial charge in [0, 0.05) is 0 Å². The molecular formula is C15H24N2O3. The number of nitrogens with two attached hydrogens (primary N) is 1. The smallest absolute Gasteiger partial charge is 0.242 e. The van der Waals surface area contributed by atoms with E-state index in [9.17, 15) is 4.79 Å². The minimum absolute atomic E-state index is 0.411. The molecule has 1 aromatic carbocycles. The molecule has 5 nitrogen and oxygen atoms in total. The molecule has 0 saturated heterocycles. The monoisotopic (exact) mass is 280 g/mol. The van der Waals surface area contributed by atoms with Crippen LogP contribution in [0.5, 0.6) is 11.5 Å². The third kappa shape index (κ3) is 3.42. The van der Waals surface area contributed by atoms with Gasteiger partial charge in [-0.15, -0.1) is 0 Å². The Morgan fingerprint density at radius 2 is 1.90 bits per heavy atom. The van der Waals surface area contributed by atoms with Crippen molar-refractivity contribution < 1.29 is 14.3 Å². The maximum atomic E-state index is 11.9. The second-order valence-electron chi connectivity index (χ2n) is 5.33. The van der Waals surface area contributed by atoms with Crippen LogP contribution in [0.25, 0.3) is 0 Å². The molecule has 1 amide bonds. The number of carbonyl (C=O) groups is 1. The highest BCUT2D eigenvalue weighted by atomic mass is 16.5. The highest BCUT2D eigenvalue weighted by Gasteiger charge is 2.33. The maximum absolute atomic E-state index is 11.9. The van der Waals surface area contributed by atoms with Crippen molar-refractivity contribution in [3.63, 3.8) is 0 Å². The number of rotatable bonds is 7. The largest absolute Gasteiger partial charge is 0.493 e. The SMILES string of the molecule is COc1ccc(C(C)(NCC(C)C)C(N)=O)cc1OC. The topological polar surface area (TPSA) is 73.6 Å². The Morgan fingerprint density at radius 3 is 2.35 bits per heavy atom. The molecule has 0 heterocycles. The van der Waals surface area contributed by atoms with E-state index in [4.69, 9.17) is 15.2 Å². The summed E-state index contributed by atoms with van der Waals surface area (Å²) in [6.07, 6.45) is 0. The second-order valence-corrected chi connectivity index (χ2v) is 5.33. The summed E-state index contributed by atoms with van der Waals surface area (Å²) < 4.78 is 10.5. The number of hydrogen-bond acceptors (Lipinski definition) is 4. The molecule has 0 aliphatic carbocycles. The number of hydrogen-bond donors (Lipinski definition) is 2. The van der Waals surface area contributed by atoms with Crippen molar-refractivity contribution in [2.45, 2.75) is 26.3 Å². The van der Waals surface area contributed by atoms with Gasteiger partial charge in [0.25, 0.3) is 0 Å². The van der Waals surface area contributed by atoms with E-state index < -0.39 is 11.4 Å². The van der Waals surface area contributed by atoms with Crippen LogP contribution in [0.2, 0.25) is 0 Å². The molecule has 1 atom stereocenters. The molecule has 0 aliphatic rings. The lowest BCUT2D eigenvalue weighted by Gasteiger charge is -2.29. The quantitative estimate of drug-likeness (QED) is 0.796. The van der Waals surface area contributed by atoms with E-state index >= 15 is 0 Å². The highest BCUT2D eigenvalue weighted by molar-refractivity contribution is 5.86. The second kappa shape index (κ2) is 6.61. The lowest BCUT2D eigenvalue weighted by molar-refractivity contribution is -0.124. The standard InChI is InChI=1S/C15H24N2O3/c1-10(2)9-17-15(3,14(16)18)11-6-7-12(19-4)13(8-11)20-5/h6-8,10,17H,9H2,1-5H3,(H2,16,18). The van der Waals surface area contributed by atoms with Crippen LogP contribution in [-0.4, -0.2) is 26.7 Å². The molecule has 0 fully saturated rings. The van der Waals surface area contributed by atoms with Gasteiger partial charge in [-0.25, -0.2) is 0 Å². The van der Waals surface area contributed by atoms with Gasteiger partial charge >= 0.3 is 0 Å². The minimum Gasteiger partial charge on any atom is -0.493 e. The molecule has 1 unspecified atom stereocenters. The van der Waals surface area contributed by atoms with Crippen LogP contribution in [-0.2, 0) is 10.3 Å². The molecular weight excluding hydrogens is 256 g/mol. The third-order valence-corrected chi connectivity index (χ3v) is 3.32. The zero-order valence-electron chi connectivity index (χ0n) is 12.8. The summed E-state index contributed by atoms with van der Waals surface area (Å²) in [6, 6.07) is 5.36. The summed E-state index contributed by atoms with van der Waals surface area (Å²) >= 11 is 0. The van der Waals surface area contributed by atoms with Crippen molar-refractivity contribution in [3.05, 3.63) is 23.8 Å². The number of nitrogens with one attached hydrogen (secondary N) is 1. The first-order chi connectivity index (χ1) is 9.35.